The molecule has 1 aromatic carbocycles. The van der Waals surface area contributed by atoms with Crippen LogP contribution in [-0.4, -0.2) is 19.0 Å². The first-order chi connectivity index (χ1) is 9.13. The zero-order chi connectivity index (χ0) is 13.7. The average molecular weight is 264 g/mol. The van der Waals surface area contributed by atoms with E-state index < -0.39 is 0 Å². The third kappa shape index (κ3) is 3.77. The third-order valence-corrected chi connectivity index (χ3v) is 4.03. The van der Waals surface area contributed by atoms with Crippen LogP contribution in [0.4, 0.5) is 4.39 Å². The van der Waals surface area contributed by atoms with Gasteiger partial charge in [0.15, 0.2) is 0 Å². The molecule has 0 heterocycles. The smallest absolute Gasteiger partial charge is 0.220 e. The maximum Gasteiger partial charge on any atom is 0.220 e. The van der Waals surface area contributed by atoms with E-state index in [-0.39, 0.29) is 17.1 Å². The van der Waals surface area contributed by atoms with E-state index in [1.165, 1.54) is 18.6 Å². The van der Waals surface area contributed by atoms with Gasteiger partial charge in [-0.25, -0.2) is 4.39 Å². The summed E-state index contributed by atoms with van der Waals surface area (Å²) >= 11 is 0. The normalized spacial score (nSPS) is 16.7. The minimum absolute atomic E-state index is 0.0555. The zero-order valence-electron chi connectivity index (χ0n) is 11.1. The van der Waals surface area contributed by atoms with Gasteiger partial charge in [-0.3, -0.25) is 4.79 Å². The predicted octanol–water partition coefficient (Wildman–Crippen LogP) is 2.00. The highest BCUT2D eigenvalue weighted by atomic mass is 19.1. The van der Waals surface area contributed by atoms with Crippen molar-refractivity contribution in [3.05, 3.63) is 35.6 Å². The van der Waals surface area contributed by atoms with Crippen molar-refractivity contribution in [2.24, 2.45) is 11.1 Å². The van der Waals surface area contributed by atoms with Gasteiger partial charge in [-0.05, 0) is 48.9 Å². The Kier molecular flexibility index (Phi) is 4.53. The summed E-state index contributed by atoms with van der Waals surface area (Å²) in [5, 5.41) is 2.92. The Labute approximate surface area is 113 Å². The van der Waals surface area contributed by atoms with Crippen molar-refractivity contribution < 1.29 is 9.18 Å². The van der Waals surface area contributed by atoms with E-state index in [0.29, 0.717) is 19.5 Å². The maximum absolute atomic E-state index is 12.7. The van der Waals surface area contributed by atoms with Gasteiger partial charge in [0.1, 0.15) is 5.82 Å². The van der Waals surface area contributed by atoms with Gasteiger partial charge in [0.25, 0.3) is 0 Å². The quantitative estimate of drug-likeness (QED) is 0.825. The molecule has 4 heteroatoms. The Hall–Kier alpha value is -1.42. The Morgan fingerprint density at radius 3 is 2.53 bits per heavy atom. The number of hydrogen-bond acceptors (Lipinski definition) is 2. The molecule has 1 aliphatic carbocycles. The molecule has 0 bridgehead atoms. The number of halogens is 1. The van der Waals surface area contributed by atoms with Crippen molar-refractivity contribution in [1.29, 1.82) is 0 Å². The van der Waals surface area contributed by atoms with Crippen LogP contribution in [0.25, 0.3) is 0 Å². The van der Waals surface area contributed by atoms with Gasteiger partial charge in [0.2, 0.25) is 5.91 Å². The molecule has 0 radical (unpaired) electrons. The van der Waals surface area contributed by atoms with Gasteiger partial charge in [0.05, 0.1) is 0 Å². The minimum atomic E-state index is -0.234. The third-order valence-electron chi connectivity index (χ3n) is 4.03. The minimum Gasteiger partial charge on any atom is -0.356 e. The highest BCUT2D eigenvalue weighted by Crippen LogP contribution is 2.42. The molecular weight excluding hydrogens is 243 g/mol. The summed E-state index contributed by atoms with van der Waals surface area (Å²) in [6, 6.07) is 6.37. The Bertz CT molecular complexity index is 421. The van der Waals surface area contributed by atoms with Gasteiger partial charge in [-0.1, -0.05) is 18.6 Å². The molecule has 1 fully saturated rings. The lowest BCUT2D eigenvalue weighted by atomic mass is 9.66. The summed E-state index contributed by atoms with van der Waals surface area (Å²) in [5.74, 6) is -0.157. The SMILES string of the molecule is NCC1(CC(=O)NCCc2ccc(F)cc2)CCC1. The van der Waals surface area contributed by atoms with Gasteiger partial charge >= 0.3 is 0 Å². The zero-order valence-corrected chi connectivity index (χ0v) is 11.1. The second-order valence-corrected chi connectivity index (χ2v) is 5.46. The van der Waals surface area contributed by atoms with Gasteiger partial charge < -0.3 is 11.1 Å². The largest absolute Gasteiger partial charge is 0.356 e. The first-order valence-electron chi connectivity index (χ1n) is 6.85. The number of nitrogens with one attached hydrogen (secondary N) is 1. The van der Waals surface area contributed by atoms with Crippen LogP contribution in [0.1, 0.15) is 31.2 Å². The van der Waals surface area contributed by atoms with E-state index in [1.54, 1.807) is 12.1 Å². The predicted molar refractivity (Wildman–Crippen MR) is 73.1 cm³/mol. The van der Waals surface area contributed by atoms with Crippen molar-refractivity contribution in [3.63, 3.8) is 0 Å². The highest BCUT2D eigenvalue weighted by Gasteiger charge is 2.37. The van der Waals surface area contributed by atoms with Crippen LogP contribution in [0, 0.1) is 11.2 Å². The number of hydrogen-bond donors (Lipinski definition) is 2. The summed E-state index contributed by atoms with van der Waals surface area (Å²) in [6.07, 6.45) is 4.57. The summed E-state index contributed by atoms with van der Waals surface area (Å²) in [6.45, 7) is 1.18. The summed E-state index contributed by atoms with van der Waals surface area (Å²) in [4.78, 5) is 11.8. The second kappa shape index (κ2) is 6.15. The molecule has 0 unspecified atom stereocenters. The molecule has 0 saturated heterocycles. The van der Waals surface area contributed by atoms with Crippen LogP contribution in [0.2, 0.25) is 0 Å². The fraction of sp³-hybridized carbons (Fsp3) is 0.533. The maximum atomic E-state index is 12.7. The highest BCUT2D eigenvalue weighted by molar-refractivity contribution is 5.76. The Balaban J connectivity index is 1.70. The summed E-state index contributed by atoms with van der Waals surface area (Å²) in [7, 11) is 0. The monoisotopic (exact) mass is 264 g/mol. The van der Waals surface area contributed by atoms with Crippen LogP contribution in [0.5, 0.6) is 0 Å². The lowest BCUT2D eigenvalue weighted by Crippen LogP contribution is -2.42. The number of amides is 1. The summed E-state index contributed by atoms with van der Waals surface area (Å²) < 4.78 is 12.7. The number of carbonyl (C=O) groups excluding carboxylic acids is 1. The average Bonchev–Trinajstić information content (AvgIpc) is 2.36. The van der Waals surface area contributed by atoms with E-state index in [4.69, 9.17) is 5.73 Å². The number of nitrogens with two attached hydrogens (primary N) is 1. The molecule has 0 aliphatic heterocycles. The summed E-state index contributed by atoms with van der Waals surface area (Å²) in [5.41, 5.74) is 6.82. The number of benzene rings is 1. The number of carbonyl (C=O) groups is 1. The molecule has 2 rings (SSSR count). The molecular formula is C15H21FN2O. The first kappa shape index (κ1) is 14.0. The first-order valence-corrected chi connectivity index (χ1v) is 6.85. The van der Waals surface area contributed by atoms with E-state index >= 15 is 0 Å². The van der Waals surface area contributed by atoms with Crippen LogP contribution < -0.4 is 11.1 Å². The fourth-order valence-electron chi connectivity index (χ4n) is 2.53. The van der Waals surface area contributed by atoms with Crippen molar-refractivity contribution in [2.75, 3.05) is 13.1 Å². The molecule has 3 N–H and O–H groups in total. The Morgan fingerprint density at radius 1 is 1.32 bits per heavy atom. The van der Waals surface area contributed by atoms with Crippen LogP contribution >= 0.6 is 0 Å². The molecule has 19 heavy (non-hydrogen) atoms. The van der Waals surface area contributed by atoms with E-state index in [0.717, 1.165) is 24.8 Å². The van der Waals surface area contributed by atoms with Gasteiger partial charge in [-0.15, -0.1) is 0 Å². The second-order valence-electron chi connectivity index (χ2n) is 5.46. The molecule has 0 aromatic heterocycles. The topological polar surface area (TPSA) is 55.1 Å². The Morgan fingerprint density at radius 2 is 2.00 bits per heavy atom. The molecule has 1 aliphatic rings. The van der Waals surface area contributed by atoms with E-state index in [2.05, 4.69) is 5.32 Å². The van der Waals surface area contributed by atoms with E-state index in [1.807, 2.05) is 0 Å². The van der Waals surface area contributed by atoms with Crippen molar-refractivity contribution in [3.8, 4) is 0 Å². The van der Waals surface area contributed by atoms with Crippen molar-refractivity contribution >= 4 is 5.91 Å². The lowest BCUT2D eigenvalue weighted by Gasteiger charge is -2.40. The molecule has 0 atom stereocenters. The van der Waals surface area contributed by atoms with Crippen LogP contribution in [-0.2, 0) is 11.2 Å². The fourth-order valence-corrected chi connectivity index (χ4v) is 2.53. The van der Waals surface area contributed by atoms with Crippen molar-refractivity contribution in [2.45, 2.75) is 32.1 Å². The number of rotatable bonds is 6. The molecule has 1 aromatic rings. The van der Waals surface area contributed by atoms with Crippen molar-refractivity contribution in [1.82, 2.24) is 5.32 Å². The van der Waals surface area contributed by atoms with Gasteiger partial charge in [0, 0.05) is 13.0 Å². The van der Waals surface area contributed by atoms with Gasteiger partial charge in [-0.2, -0.15) is 0 Å². The van der Waals surface area contributed by atoms with Crippen LogP contribution in [0.3, 0.4) is 0 Å². The molecule has 1 amide bonds. The van der Waals surface area contributed by atoms with E-state index in [9.17, 15) is 9.18 Å². The molecule has 0 spiro atoms. The van der Waals surface area contributed by atoms with Crippen LogP contribution in [0.15, 0.2) is 24.3 Å². The molecule has 104 valence electrons. The molecule has 3 nitrogen and oxygen atoms in total. The lowest BCUT2D eigenvalue weighted by molar-refractivity contribution is -0.124. The standard InChI is InChI=1S/C15H21FN2O/c16-13-4-2-12(3-5-13)6-9-18-14(19)10-15(11-17)7-1-8-15/h2-5H,1,6-11,17H2,(H,18,19). The molecule has 1 saturated carbocycles.